The van der Waals surface area contributed by atoms with Crippen molar-refractivity contribution in [2.45, 2.75) is 70.2 Å². The zero-order valence-corrected chi connectivity index (χ0v) is 18.7. The molecule has 0 saturated heterocycles. The van der Waals surface area contributed by atoms with Gasteiger partial charge in [0, 0.05) is 16.2 Å². The molecule has 0 aromatic carbocycles. The third kappa shape index (κ3) is 4.74. The summed E-state index contributed by atoms with van der Waals surface area (Å²) >= 11 is 3.20. The third-order valence-corrected chi connectivity index (χ3v) is 8.00. The maximum absolute atomic E-state index is 12.3. The van der Waals surface area contributed by atoms with Gasteiger partial charge in [-0.25, -0.2) is 9.97 Å². The van der Waals surface area contributed by atoms with Crippen LogP contribution >= 0.6 is 23.1 Å². The lowest BCUT2D eigenvalue weighted by molar-refractivity contribution is -0.131. The van der Waals surface area contributed by atoms with Crippen LogP contribution in [0, 0.1) is 18.8 Å². The molecule has 156 valence electrons. The van der Waals surface area contributed by atoms with Crippen LogP contribution in [0.1, 0.15) is 61.7 Å². The average Bonchev–Trinajstić information content (AvgIpc) is 3.07. The number of nitrogens with zero attached hydrogens (tertiary/aromatic N) is 2. The number of fused-ring (bicyclic) bond motifs is 3. The molecule has 2 N–H and O–H groups in total. The van der Waals surface area contributed by atoms with Crippen LogP contribution in [-0.2, 0) is 22.4 Å². The van der Waals surface area contributed by atoms with Gasteiger partial charge >= 0.3 is 0 Å². The largest absolute Gasteiger partial charge is 0.273 e. The van der Waals surface area contributed by atoms with E-state index in [0.29, 0.717) is 5.92 Å². The first-order chi connectivity index (χ1) is 14.0. The van der Waals surface area contributed by atoms with Gasteiger partial charge in [-0.3, -0.25) is 20.4 Å². The van der Waals surface area contributed by atoms with E-state index in [4.69, 9.17) is 0 Å². The van der Waals surface area contributed by atoms with Crippen LogP contribution in [0.5, 0.6) is 0 Å². The summed E-state index contributed by atoms with van der Waals surface area (Å²) in [6.45, 7) is 4.20. The van der Waals surface area contributed by atoms with Crippen molar-refractivity contribution >= 4 is 45.1 Å². The lowest BCUT2D eigenvalue weighted by Crippen LogP contribution is -2.45. The predicted molar refractivity (Wildman–Crippen MR) is 117 cm³/mol. The zero-order valence-electron chi connectivity index (χ0n) is 17.0. The van der Waals surface area contributed by atoms with E-state index in [2.05, 4.69) is 27.7 Å². The van der Waals surface area contributed by atoms with Crippen LogP contribution in [-0.4, -0.2) is 27.5 Å². The Morgan fingerprint density at radius 1 is 1.14 bits per heavy atom. The van der Waals surface area contributed by atoms with Gasteiger partial charge < -0.3 is 0 Å². The van der Waals surface area contributed by atoms with Crippen LogP contribution in [0.15, 0.2) is 5.03 Å². The Morgan fingerprint density at radius 3 is 2.72 bits per heavy atom. The van der Waals surface area contributed by atoms with Crippen molar-refractivity contribution in [3.63, 3.8) is 0 Å². The first-order valence-corrected chi connectivity index (χ1v) is 12.3. The van der Waals surface area contributed by atoms with E-state index in [1.54, 1.807) is 11.3 Å². The highest BCUT2D eigenvalue weighted by molar-refractivity contribution is 8.00. The standard InChI is InChI=1S/C21H28N4O2S2/c1-12-8-9-15-16(10-12)29-21-18(15)20(22-13(2)23-21)28-11-17(26)24-25-19(27)14-6-4-3-5-7-14/h12,14H,3-11H2,1-2H3,(H,24,26)(H,25,27)/t12-/m1/s1. The zero-order chi connectivity index (χ0) is 20.4. The quantitative estimate of drug-likeness (QED) is 0.434. The molecule has 4 rings (SSSR count). The summed E-state index contributed by atoms with van der Waals surface area (Å²) in [6, 6.07) is 0. The number of nitrogens with one attached hydrogen (secondary N) is 2. The second-order valence-corrected chi connectivity index (χ2v) is 10.3. The van der Waals surface area contributed by atoms with Gasteiger partial charge in [0.15, 0.2) is 0 Å². The van der Waals surface area contributed by atoms with Crippen molar-refractivity contribution in [1.82, 2.24) is 20.8 Å². The molecule has 2 amide bonds. The van der Waals surface area contributed by atoms with Crippen molar-refractivity contribution in [2.75, 3.05) is 5.75 Å². The van der Waals surface area contributed by atoms with E-state index in [9.17, 15) is 9.59 Å². The van der Waals surface area contributed by atoms with Crippen LogP contribution in [0.2, 0.25) is 0 Å². The molecule has 2 aliphatic rings. The maximum atomic E-state index is 12.3. The molecular formula is C21H28N4O2S2. The van der Waals surface area contributed by atoms with Gasteiger partial charge in [0.25, 0.3) is 0 Å². The van der Waals surface area contributed by atoms with E-state index in [0.717, 1.165) is 59.6 Å². The second kappa shape index (κ2) is 9.00. The molecule has 0 spiro atoms. The summed E-state index contributed by atoms with van der Waals surface area (Å²) in [4.78, 5) is 36.2. The molecule has 0 aliphatic heterocycles. The number of hydrogen-bond donors (Lipinski definition) is 2. The van der Waals surface area contributed by atoms with Gasteiger partial charge in [-0.2, -0.15) is 0 Å². The normalized spacial score (nSPS) is 19.7. The molecule has 2 heterocycles. The fourth-order valence-corrected chi connectivity index (χ4v) is 6.68. The minimum atomic E-state index is -0.207. The summed E-state index contributed by atoms with van der Waals surface area (Å²) in [7, 11) is 0. The lowest BCUT2D eigenvalue weighted by Gasteiger charge is -2.20. The molecule has 1 fully saturated rings. The molecule has 0 bridgehead atoms. The van der Waals surface area contributed by atoms with Gasteiger partial charge in [0.1, 0.15) is 15.7 Å². The van der Waals surface area contributed by atoms with Crippen LogP contribution in [0.4, 0.5) is 0 Å². The summed E-state index contributed by atoms with van der Waals surface area (Å²) in [6.07, 6.45) is 8.55. The highest BCUT2D eigenvalue weighted by Gasteiger charge is 2.24. The number of aromatic nitrogens is 2. The molecular weight excluding hydrogens is 404 g/mol. The van der Waals surface area contributed by atoms with E-state index in [-0.39, 0.29) is 23.5 Å². The summed E-state index contributed by atoms with van der Waals surface area (Å²) in [5.41, 5.74) is 6.55. The number of thioether (sulfide) groups is 1. The molecule has 29 heavy (non-hydrogen) atoms. The molecule has 0 unspecified atom stereocenters. The second-order valence-electron chi connectivity index (χ2n) is 8.27. The number of thiophene rings is 1. The van der Waals surface area contributed by atoms with E-state index in [1.165, 1.54) is 35.0 Å². The van der Waals surface area contributed by atoms with Gasteiger partial charge in [-0.05, 0) is 50.5 Å². The average molecular weight is 433 g/mol. The number of carbonyl (C=O) groups excluding carboxylic acids is 2. The van der Waals surface area contributed by atoms with Crippen molar-refractivity contribution < 1.29 is 9.59 Å². The smallest absolute Gasteiger partial charge is 0.248 e. The number of carbonyl (C=O) groups is 2. The molecule has 6 nitrogen and oxygen atoms in total. The van der Waals surface area contributed by atoms with Crippen LogP contribution in [0.3, 0.4) is 0 Å². The maximum Gasteiger partial charge on any atom is 0.248 e. The van der Waals surface area contributed by atoms with Gasteiger partial charge in [-0.15, -0.1) is 11.3 Å². The molecule has 1 atom stereocenters. The molecule has 8 heteroatoms. The van der Waals surface area contributed by atoms with Crippen LogP contribution < -0.4 is 10.9 Å². The highest BCUT2D eigenvalue weighted by atomic mass is 32.2. The monoisotopic (exact) mass is 432 g/mol. The van der Waals surface area contributed by atoms with Crippen LogP contribution in [0.25, 0.3) is 10.2 Å². The minimum absolute atomic E-state index is 0.0283. The van der Waals surface area contributed by atoms with Crippen molar-refractivity contribution in [2.24, 2.45) is 11.8 Å². The number of hydrazine groups is 1. The Kier molecular flexibility index (Phi) is 6.39. The Bertz CT molecular complexity index is 921. The predicted octanol–water partition coefficient (Wildman–Crippen LogP) is 3.94. The summed E-state index contributed by atoms with van der Waals surface area (Å²) in [5.74, 6) is 1.42. The first kappa shape index (κ1) is 20.6. The molecule has 2 aromatic heterocycles. The Morgan fingerprint density at radius 2 is 1.93 bits per heavy atom. The molecule has 2 aromatic rings. The Balaban J connectivity index is 1.40. The molecule has 1 saturated carbocycles. The van der Waals surface area contributed by atoms with Crippen molar-refractivity contribution in [3.8, 4) is 0 Å². The summed E-state index contributed by atoms with van der Waals surface area (Å²) < 4.78 is 0. The van der Waals surface area contributed by atoms with Gasteiger partial charge in [0.05, 0.1) is 5.75 Å². The SMILES string of the molecule is Cc1nc(SCC(=O)NNC(=O)C2CCCCC2)c2c3c(sc2n1)C[C@H](C)CC3. The van der Waals surface area contributed by atoms with Gasteiger partial charge in [0.2, 0.25) is 11.8 Å². The minimum Gasteiger partial charge on any atom is -0.273 e. The first-order valence-electron chi connectivity index (χ1n) is 10.5. The van der Waals surface area contributed by atoms with E-state index < -0.39 is 0 Å². The number of aryl methyl sites for hydroxylation is 2. The number of amides is 2. The fourth-order valence-electron chi connectivity index (χ4n) is 4.28. The third-order valence-electron chi connectivity index (χ3n) is 5.87. The Hall–Kier alpha value is -1.67. The number of hydrogen-bond acceptors (Lipinski definition) is 6. The Labute approximate surface area is 179 Å². The van der Waals surface area contributed by atoms with Crippen molar-refractivity contribution in [1.29, 1.82) is 0 Å². The van der Waals surface area contributed by atoms with E-state index >= 15 is 0 Å². The molecule has 0 radical (unpaired) electrons. The topological polar surface area (TPSA) is 84.0 Å². The fraction of sp³-hybridized carbons (Fsp3) is 0.619. The lowest BCUT2D eigenvalue weighted by atomic mass is 9.89. The number of rotatable bonds is 4. The molecule has 2 aliphatic carbocycles. The van der Waals surface area contributed by atoms with Crippen molar-refractivity contribution in [3.05, 3.63) is 16.3 Å². The summed E-state index contributed by atoms with van der Waals surface area (Å²) in [5, 5.41) is 2.01. The van der Waals surface area contributed by atoms with Gasteiger partial charge in [-0.1, -0.05) is 37.9 Å². The van der Waals surface area contributed by atoms with E-state index in [1.807, 2.05) is 6.92 Å². The highest BCUT2D eigenvalue weighted by Crippen LogP contribution is 2.40.